The highest BCUT2D eigenvalue weighted by Gasteiger charge is 2.39. The normalized spacial score (nSPS) is 11.3. The van der Waals surface area contributed by atoms with Gasteiger partial charge in [-0.15, -0.1) is 0 Å². The van der Waals surface area contributed by atoms with Crippen LogP contribution in [0.3, 0.4) is 0 Å². The van der Waals surface area contributed by atoms with E-state index in [1.165, 1.54) is 20.8 Å². The molecule has 0 bridgehead atoms. The molecular formula is C24H18BF9. The highest BCUT2D eigenvalue weighted by molar-refractivity contribution is 6.96. The van der Waals surface area contributed by atoms with Crippen LogP contribution in [0.25, 0.3) is 0 Å². The molecule has 0 aliphatic carbocycles. The molecule has 0 N–H and O–H groups in total. The Kier molecular flexibility index (Phi) is 7.38. The third-order valence-electron chi connectivity index (χ3n) is 5.86. The summed E-state index contributed by atoms with van der Waals surface area (Å²) < 4.78 is 132. The van der Waals surface area contributed by atoms with E-state index in [1.807, 2.05) is 0 Å². The van der Waals surface area contributed by atoms with Crippen molar-refractivity contribution in [3.63, 3.8) is 0 Å². The van der Waals surface area contributed by atoms with E-state index < -0.39 is 92.1 Å². The third-order valence-corrected chi connectivity index (χ3v) is 5.86. The van der Waals surface area contributed by atoms with Crippen LogP contribution in [0, 0.1) is 52.4 Å². The lowest BCUT2D eigenvalue weighted by Crippen LogP contribution is -2.59. The van der Waals surface area contributed by atoms with Crippen molar-refractivity contribution < 1.29 is 39.5 Å². The molecule has 0 radical (unpaired) electrons. The highest BCUT2D eigenvalue weighted by atomic mass is 19.2. The van der Waals surface area contributed by atoms with E-state index in [0.717, 1.165) is 0 Å². The van der Waals surface area contributed by atoms with Crippen molar-refractivity contribution in [2.45, 2.75) is 40.0 Å². The van der Waals surface area contributed by atoms with Gasteiger partial charge in [-0.1, -0.05) is 20.8 Å². The van der Waals surface area contributed by atoms with Crippen LogP contribution < -0.4 is 16.4 Å². The molecular weight excluding hydrogens is 470 g/mol. The van der Waals surface area contributed by atoms with Crippen molar-refractivity contribution in [2.24, 2.45) is 0 Å². The van der Waals surface area contributed by atoms with Gasteiger partial charge < -0.3 is 0 Å². The largest absolute Gasteiger partial charge is 0.254 e. The van der Waals surface area contributed by atoms with Crippen LogP contribution >= 0.6 is 0 Å². The molecule has 0 aromatic heterocycles. The summed E-state index contributed by atoms with van der Waals surface area (Å²) in [5, 5.41) is 0. The lowest BCUT2D eigenvalue weighted by Gasteiger charge is -2.25. The minimum Gasteiger partial charge on any atom is -0.207 e. The topological polar surface area (TPSA) is 0 Å². The van der Waals surface area contributed by atoms with E-state index in [-0.39, 0.29) is 37.5 Å². The SMILES string of the molecule is CCc1c(F)c(F)cc(F)c1B(c1c(F)cc(F)c(F)c1CC)c1c(F)cc(F)c(F)c1CC. The molecule has 0 amide bonds. The maximum Gasteiger partial charge on any atom is 0.254 e. The van der Waals surface area contributed by atoms with Gasteiger partial charge in [0.15, 0.2) is 34.9 Å². The first-order chi connectivity index (χ1) is 16.0. The molecule has 0 nitrogen and oxygen atoms in total. The fraction of sp³-hybridized carbons (Fsp3) is 0.250. The molecule has 34 heavy (non-hydrogen) atoms. The summed E-state index contributed by atoms with van der Waals surface area (Å²) in [7, 11) is 0. The second kappa shape index (κ2) is 9.76. The average Bonchev–Trinajstić information content (AvgIpc) is 2.78. The molecule has 0 saturated heterocycles. The minimum absolute atomic E-state index is 0.142. The van der Waals surface area contributed by atoms with Crippen LogP contribution in [0.5, 0.6) is 0 Å². The molecule has 3 aromatic carbocycles. The number of rotatable bonds is 6. The Balaban J connectivity index is 2.63. The van der Waals surface area contributed by atoms with Crippen LogP contribution in [0.15, 0.2) is 18.2 Å². The lowest BCUT2D eigenvalue weighted by molar-refractivity contribution is 0.487. The summed E-state index contributed by atoms with van der Waals surface area (Å²) in [5.41, 5.74) is -4.29. The van der Waals surface area contributed by atoms with Crippen LogP contribution in [0.4, 0.5) is 39.5 Å². The Hall–Kier alpha value is -2.91. The Morgan fingerprint density at radius 2 is 0.676 bits per heavy atom. The first-order valence-corrected chi connectivity index (χ1v) is 10.5. The summed E-state index contributed by atoms with van der Waals surface area (Å²) in [6, 6.07) is 0.427. The molecule has 0 spiro atoms. The van der Waals surface area contributed by atoms with E-state index in [9.17, 15) is 26.3 Å². The Morgan fingerprint density at radius 3 is 0.882 bits per heavy atom. The van der Waals surface area contributed by atoms with Crippen LogP contribution in [0.2, 0.25) is 0 Å². The van der Waals surface area contributed by atoms with Crippen molar-refractivity contribution in [1.82, 2.24) is 0 Å². The molecule has 3 rings (SSSR count). The molecule has 0 atom stereocenters. The van der Waals surface area contributed by atoms with Gasteiger partial charge in [-0.05, 0) is 52.3 Å². The first-order valence-electron chi connectivity index (χ1n) is 10.5. The fourth-order valence-corrected chi connectivity index (χ4v) is 4.38. The molecule has 0 unspecified atom stereocenters. The number of halogens is 9. The zero-order chi connectivity index (χ0) is 25.5. The molecule has 0 heterocycles. The number of benzene rings is 3. The third kappa shape index (κ3) is 4.07. The van der Waals surface area contributed by atoms with Gasteiger partial charge >= 0.3 is 0 Å². The van der Waals surface area contributed by atoms with Crippen molar-refractivity contribution in [3.8, 4) is 0 Å². The second-order valence-corrected chi connectivity index (χ2v) is 7.63. The molecule has 3 aromatic rings. The van der Waals surface area contributed by atoms with Crippen molar-refractivity contribution in [3.05, 3.63) is 87.2 Å². The number of hydrogen-bond donors (Lipinski definition) is 0. The van der Waals surface area contributed by atoms with E-state index in [4.69, 9.17) is 0 Å². The Labute approximate surface area is 190 Å². The van der Waals surface area contributed by atoms with Gasteiger partial charge in [0.05, 0.1) is 0 Å². The predicted molar refractivity (Wildman–Crippen MR) is 112 cm³/mol. The predicted octanol–water partition coefficient (Wildman–Crippen LogP) is 5.14. The van der Waals surface area contributed by atoms with Gasteiger partial charge in [0.25, 0.3) is 6.71 Å². The Morgan fingerprint density at radius 1 is 0.441 bits per heavy atom. The summed E-state index contributed by atoms with van der Waals surface area (Å²) >= 11 is 0. The zero-order valence-corrected chi connectivity index (χ0v) is 18.3. The van der Waals surface area contributed by atoms with Crippen molar-refractivity contribution in [1.29, 1.82) is 0 Å². The van der Waals surface area contributed by atoms with E-state index in [2.05, 4.69) is 0 Å². The summed E-state index contributed by atoms with van der Waals surface area (Å²) in [5.74, 6) is -13.7. The first kappa shape index (κ1) is 25.7. The van der Waals surface area contributed by atoms with Gasteiger partial charge in [-0.2, -0.15) is 0 Å². The number of hydrogen-bond acceptors (Lipinski definition) is 0. The lowest BCUT2D eigenvalue weighted by atomic mass is 9.34. The summed E-state index contributed by atoms with van der Waals surface area (Å²) in [6.07, 6.45) is -1.11. The van der Waals surface area contributed by atoms with Crippen LogP contribution in [0.1, 0.15) is 37.5 Å². The fourth-order valence-electron chi connectivity index (χ4n) is 4.38. The van der Waals surface area contributed by atoms with Gasteiger partial charge in [0, 0.05) is 18.2 Å². The van der Waals surface area contributed by atoms with E-state index in [1.54, 1.807) is 0 Å². The van der Waals surface area contributed by atoms with Crippen molar-refractivity contribution >= 4 is 23.1 Å². The quantitative estimate of drug-likeness (QED) is 0.256. The minimum atomic E-state index is -2.08. The van der Waals surface area contributed by atoms with E-state index in [0.29, 0.717) is 0 Å². The average molecular weight is 488 g/mol. The maximum atomic E-state index is 15.2. The molecule has 0 aliphatic heterocycles. The van der Waals surface area contributed by atoms with Gasteiger partial charge in [0.1, 0.15) is 17.5 Å². The van der Waals surface area contributed by atoms with Crippen LogP contribution in [-0.4, -0.2) is 6.71 Å². The van der Waals surface area contributed by atoms with E-state index >= 15 is 13.2 Å². The standard InChI is InChI=1S/C24H18BF9/c1-4-10-19(13(26)7-16(29)22(10)32)25(20-11(5-2)23(33)17(30)8-14(20)27)21-12(6-3)24(34)18(31)9-15(21)28/h7-9H,4-6H2,1-3H3. The van der Waals surface area contributed by atoms with Crippen LogP contribution in [-0.2, 0) is 19.3 Å². The van der Waals surface area contributed by atoms with Gasteiger partial charge in [0.2, 0.25) is 0 Å². The molecule has 0 saturated carbocycles. The highest BCUT2D eigenvalue weighted by Crippen LogP contribution is 2.21. The monoisotopic (exact) mass is 488 g/mol. The summed E-state index contributed by atoms with van der Waals surface area (Å²) in [6.45, 7) is 1.84. The molecule has 0 fully saturated rings. The van der Waals surface area contributed by atoms with Gasteiger partial charge in [-0.25, -0.2) is 39.5 Å². The zero-order valence-electron chi connectivity index (χ0n) is 18.3. The smallest absolute Gasteiger partial charge is 0.207 e. The van der Waals surface area contributed by atoms with Crippen molar-refractivity contribution in [2.75, 3.05) is 0 Å². The summed E-state index contributed by atoms with van der Waals surface area (Å²) in [4.78, 5) is 0. The maximum absolute atomic E-state index is 15.2. The Bertz CT molecular complexity index is 1120. The second-order valence-electron chi connectivity index (χ2n) is 7.63. The molecule has 10 heteroatoms. The van der Waals surface area contributed by atoms with Gasteiger partial charge in [-0.3, -0.25) is 0 Å². The molecule has 0 aliphatic rings. The molecule has 180 valence electrons.